The Morgan fingerprint density at radius 2 is 1.87 bits per heavy atom. The highest BCUT2D eigenvalue weighted by Crippen LogP contribution is 2.25. The van der Waals surface area contributed by atoms with Crippen LogP contribution in [-0.2, 0) is 0 Å². The van der Waals surface area contributed by atoms with Crippen molar-refractivity contribution in [2.75, 3.05) is 0 Å². The van der Waals surface area contributed by atoms with E-state index >= 15 is 0 Å². The molecule has 0 aliphatic carbocycles. The number of rotatable bonds is 4. The summed E-state index contributed by atoms with van der Waals surface area (Å²) in [6, 6.07) is 14.4. The van der Waals surface area contributed by atoms with Crippen molar-refractivity contribution in [3.63, 3.8) is 0 Å². The molecule has 0 spiro atoms. The fourth-order valence-corrected chi connectivity index (χ4v) is 2.67. The van der Waals surface area contributed by atoms with Crippen molar-refractivity contribution >= 4 is 40.8 Å². The van der Waals surface area contributed by atoms with E-state index in [0.29, 0.717) is 21.3 Å². The molecule has 1 heterocycles. The number of benzene rings is 2. The maximum atomic E-state index is 12.9. The van der Waals surface area contributed by atoms with E-state index in [0.717, 1.165) is 5.56 Å². The second-order valence-corrected chi connectivity index (χ2v) is 5.71. The summed E-state index contributed by atoms with van der Waals surface area (Å²) in [7, 11) is 0. The van der Waals surface area contributed by atoms with Gasteiger partial charge in [0, 0.05) is 23.0 Å². The van der Waals surface area contributed by atoms with E-state index in [-0.39, 0.29) is 5.78 Å². The smallest absolute Gasteiger partial charge is 0.211 e. The molecule has 0 aliphatic heterocycles. The number of hydrogen-bond acceptors (Lipinski definition) is 2. The van der Waals surface area contributed by atoms with E-state index in [2.05, 4.69) is 4.98 Å². The topological polar surface area (TPSA) is 34.9 Å². The van der Waals surface area contributed by atoms with Crippen LogP contribution in [0, 0.1) is 0 Å². The largest absolute Gasteiger partial charge is 0.303 e. The fourth-order valence-electron chi connectivity index (χ4n) is 2.18. The quantitative estimate of drug-likeness (QED) is 0.490. The summed E-state index contributed by atoms with van der Waals surface area (Å²) in [5, 5.41) is 0.810. The Kier molecular flexibility index (Phi) is 4.60. The number of nitrogens with zero attached hydrogens (tertiary/aromatic N) is 2. The molecule has 0 N–H and O–H groups in total. The van der Waals surface area contributed by atoms with E-state index in [1.807, 2.05) is 30.3 Å². The fraction of sp³-hybridized carbons (Fsp3) is 0. The highest BCUT2D eigenvalue weighted by Gasteiger charge is 2.17. The van der Waals surface area contributed by atoms with E-state index < -0.39 is 0 Å². The number of carbonyl (C=O) groups excluding carboxylic acids is 1. The Hall–Kier alpha value is -2.36. The first-order valence-corrected chi connectivity index (χ1v) is 7.65. The molecule has 3 nitrogen and oxygen atoms in total. The van der Waals surface area contributed by atoms with E-state index in [4.69, 9.17) is 23.2 Å². The second-order valence-electron chi connectivity index (χ2n) is 4.86. The Morgan fingerprint density at radius 1 is 1.09 bits per heavy atom. The van der Waals surface area contributed by atoms with Gasteiger partial charge < -0.3 is 4.57 Å². The second kappa shape index (κ2) is 6.82. The summed E-state index contributed by atoms with van der Waals surface area (Å²) < 4.78 is 1.67. The Balaban J connectivity index is 2.09. The minimum Gasteiger partial charge on any atom is -0.303 e. The van der Waals surface area contributed by atoms with Crippen LogP contribution in [0.3, 0.4) is 0 Å². The third-order valence-corrected chi connectivity index (χ3v) is 3.84. The molecular formula is C18H12Cl2N2O. The minimum absolute atomic E-state index is 0.200. The predicted molar refractivity (Wildman–Crippen MR) is 93.6 cm³/mol. The van der Waals surface area contributed by atoms with Crippen LogP contribution in [0.2, 0.25) is 10.0 Å². The first-order valence-electron chi connectivity index (χ1n) is 6.90. The van der Waals surface area contributed by atoms with Crippen LogP contribution in [0.5, 0.6) is 0 Å². The molecule has 23 heavy (non-hydrogen) atoms. The van der Waals surface area contributed by atoms with Crippen molar-refractivity contribution < 1.29 is 4.79 Å². The molecule has 1 aromatic heterocycles. The number of hydrogen-bond donors (Lipinski definition) is 0. The van der Waals surface area contributed by atoms with Gasteiger partial charge in [-0.2, -0.15) is 0 Å². The molecule has 5 heteroatoms. The summed E-state index contributed by atoms with van der Waals surface area (Å²) >= 11 is 12.1. The van der Waals surface area contributed by atoms with E-state index in [9.17, 15) is 4.79 Å². The van der Waals surface area contributed by atoms with Crippen LogP contribution in [0.25, 0.3) is 11.8 Å². The van der Waals surface area contributed by atoms with Crippen molar-refractivity contribution in [2.24, 2.45) is 0 Å². The lowest BCUT2D eigenvalue weighted by Crippen LogP contribution is -2.08. The van der Waals surface area contributed by atoms with Gasteiger partial charge in [-0.3, -0.25) is 4.79 Å². The van der Waals surface area contributed by atoms with Gasteiger partial charge in [0.25, 0.3) is 0 Å². The average Bonchev–Trinajstić information content (AvgIpc) is 3.07. The van der Waals surface area contributed by atoms with E-state index in [1.54, 1.807) is 47.6 Å². The maximum absolute atomic E-state index is 12.9. The van der Waals surface area contributed by atoms with Crippen LogP contribution in [0.1, 0.15) is 15.9 Å². The minimum atomic E-state index is -0.200. The number of ketones is 1. The molecule has 114 valence electrons. The Morgan fingerprint density at radius 3 is 2.52 bits per heavy atom. The third kappa shape index (κ3) is 3.52. The van der Waals surface area contributed by atoms with Crippen molar-refractivity contribution in [2.45, 2.75) is 0 Å². The van der Waals surface area contributed by atoms with Gasteiger partial charge >= 0.3 is 0 Å². The zero-order valence-electron chi connectivity index (χ0n) is 12.0. The highest BCUT2D eigenvalue weighted by atomic mass is 35.5. The monoisotopic (exact) mass is 342 g/mol. The highest BCUT2D eigenvalue weighted by molar-refractivity contribution is 6.40. The molecule has 0 unspecified atom stereocenters. The molecular weight excluding hydrogens is 331 g/mol. The number of allylic oxidation sites excluding steroid dienone is 1. The van der Waals surface area contributed by atoms with Gasteiger partial charge in [0.2, 0.25) is 5.78 Å². The summed E-state index contributed by atoms with van der Waals surface area (Å²) in [5.41, 5.74) is 1.76. The van der Waals surface area contributed by atoms with Crippen molar-refractivity contribution in [3.8, 4) is 0 Å². The molecule has 3 aromatic rings. The predicted octanol–water partition coefficient (Wildman–Crippen LogP) is 5.07. The number of halogens is 2. The lowest BCUT2D eigenvalue weighted by atomic mass is 10.1. The molecule has 0 aliphatic rings. The van der Waals surface area contributed by atoms with Gasteiger partial charge in [0.1, 0.15) is 0 Å². The zero-order chi connectivity index (χ0) is 16.2. The zero-order valence-corrected chi connectivity index (χ0v) is 13.5. The Labute approximate surface area is 143 Å². The van der Waals surface area contributed by atoms with Gasteiger partial charge in [-0.1, -0.05) is 53.5 Å². The lowest BCUT2D eigenvalue weighted by molar-refractivity contribution is 0.105. The molecule has 0 bridgehead atoms. The van der Waals surface area contributed by atoms with Crippen LogP contribution < -0.4 is 0 Å². The number of carbonyl (C=O) groups is 1. The van der Waals surface area contributed by atoms with Crippen molar-refractivity contribution in [1.29, 1.82) is 0 Å². The van der Waals surface area contributed by atoms with Crippen molar-refractivity contribution in [3.05, 3.63) is 88.4 Å². The normalized spacial score (nSPS) is 11.5. The summed E-state index contributed by atoms with van der Waals surface area (Å²) in [4.78, 5) is 16.9. The lowest BCUT2D eigenvalue weighted by Gasteiger charge is -2.10. The molecule has 0 atom stereocenters. The van der Waals surface area contributed by atoms with Gasteiger partial charge in [0.15, 0.2) is 0 Å². The van der Waals surface area contributed by atoms with Gasteiger partial charge in [-0.15, -0.1) is 0 Å². The summed E-state index contributed by atoms with van der Waals surface area (Å²) in [6.45, 7) is 0. The Bertz CT molecular complexity index is 856. The molecule has 0 fully saturated rings. The summed E-state index contributed by atoms with van der Waals surface area (Å²) in [5.74, 6) is -0.200. The molecule has 2 aromatic carbocycles. The maximum Gasteiger partial charge on any atom is 0.211 e. The first kappa shape index (κ1) is 15.5. The molecule has 3 rings (SSSR count). The molecule has 0 amide bonds. The average molecular weight is 343 g/mol. The van der Waals surface area contributed by atoms with Gasteiger partial charge in [-0.25, -0.2) is 4.98 Å². The van der Waals surface area contributed by atoms with Crippen LogP contribution in [0.4, 0.5) is 0 Å². The third-order valence-electron chi connectivity index (χ3n) is 3.29. The number of Topliss-reactive ketones (excluding diaryl/α,β-unsaturated/α-hetero) is 1. The number of aromatic nitrogens is 2. The van der Waals surface area contributed by atoms with Gasteiger partial charge in [-0.05, 0) is 29.8 Å². The molecule has 0 saturated carbocycles. The molecule has 0 radical (unpaired) electrons. The standard InChI is InChI=1S/C18H12Cl2N2O/c19-14-6-7-15(16(20)11-14)18(23)17(22-9-8-21-12-22)10-13-4-2-1-3-5-13/h1-12H/b17-10+. The van der Waals surface area contributed by atoms with Crippen LogP contribution in [-0.4, -0.2) is 15.3 Å². The van der Waals surface area contributed by atoms with Crippen molar-refractivity contribution in [1.82, 2.24) is 9.55 Å². The van der Waals surface area contributed by atoms with Gasteiger partial charge in [0.05, 0.1) is 17.0 Å². The van der Waals surface area contributed by atoms with E-state index in [1.165, 1.54) is 0 Å². The molecule has 0 saturated heterocycles. The van der Waals surface area contributed by atoms with Crippen LogP contribution >= 0.6 is 23.2 Å². The number of imidazole rings is 1. The van der Waals surface area contributed by atoms with Crippen LogP contribution in [0.15, 0.2) is 67.3 Å². The summed E-state index contributed by atoms with van der Waals surface area (Å²) in [6.07, 6.45) is 6.72. The first-order chi connectivity index (χ1) is 11.1. The SMILES string of the molecule is O=C(/C(=C\c1ccccc1)n1ccnc1)c1ccc(Cl)cc1Cl.